The highest BCUT2D eigenvalue weighted by atomic mass is 19.4. The van der Waals surface area contributed by atoms with Crippen LogP contribution in [-0.4, -0.2) is 46.3 Å². The topological polar surface area (TPSA) is 57.6 Å². The minimum absolute atomic E-state index is 0.0981. The summed E-state index contributed by atoms with van der Waals surface area (Å²) < 4.78 is 93.2. The third-order valence-corrected chi connectivity index (χ3v) is 9.48. The van der Waals surface area contributed by atoms with Gasteiger partial charge in [-0.2, -0.15) is 13.2 Å². The number of carbonyl (C=O) groups excluding carboxylic acids is 1. The quantitative estimate of drug-likeness (QED) is 0.408. The molecule has 2 aromatic rings. The van der Waals surface area contributed by atoms with E-state index in [9.17, 15) is 36.6 Å². The van der Waals surface area contributed by atoms with Crippen LogP contribution in [0.1, 0.15) is 77.4 Å². The molecule has 2 fully saturated rings. The second-order valence-electron chi connectivity index (χ2n) is 11.8. The van der Waals surface area contributed by atoms with E-state index in [1.54, 1.807) is 17.0 Å². The number of likely N-dealkylation sites (tertiary alicyclic amines) is 1. The molecule has 5 rings (SSSR count). The number of hydrogen-bond acceptors (Lipinski definition) is 2. The van der Waals surface area contributed by atoms with Crippen LogP contribution in [-0.2, 0) is 33.5 Å². The number of carboxylic acids is 1. The first-order valence-electron chi connectivity index (χ1n) is 15.1. The molecule has 216 valence electrons. The Morgan fingerprint density at radius 2 is 1.73 bits per heavy atom. The molecule has 0 bridgehead atoms. The third kappa shape index (κ3) is 4.69. The summed E-state index contributed by atoms with van der Waals surface area (Å²) in [4.78, 5) is 26.9. The maximum Gasteiger partial charge on any atom is 0.426 e. The Morgan fingerprint density at radius 3 is 2.33 bits per heavy atom. The first-order valence-corrected chi connectivity index (χ1v) is 13.6. The smallest absolute Gasteiger partial charge is 0.426 e. The standard InChI is InChI=1S/C31H34F5NO3/c1-19-3-5-20(6-4-19)18-29-15-16-37(26(38)21-11-13-30(33,14-12-21)27(39)40)25(29)10-7-22-17-23(8-9-24(22)29)28(2,32)31(34,35)36/h3-6,8-9,17,21,25H,7,10-16,18H2,1-2H3,(H,39,40)/t21-,25?,28?,29?,30+/i1D3. The maximum atomic E-state index is 14.9. The van der Waals surface area contributed by atoms with Crippen molar-refractivity contribution < 1.29 is 40.8 Å². The molecule has 4 nitrogen and oxygen atoms in total. The number of amides is 1. The molecule has 1 N–H and O–H groups in total. The summed E-state index contributed by atoms with van der Waals surface area (Å²) in [5.41, 5.74) is -4.85. The van der Waals surface area contributed by atoms with Crippen LogP contribution in [0.25, 0.3) is 0 Å². The highest BCUT2D eigenvalue weighted by Crippen LogP contribution is 2.51. The summed E-state index contributed by atoms with van der Waals surface area (Å²) in [7, 11) is 0. The van der Waals surface area contributed by atoms with Gasteiger partial charge in [-0.1, -0.05) is 48.0 Å². The molecular formula is C31H34F5NO3. The fraction of sp³-hybridized carbons (Fsp3) is 0.548. The molecule has 2 aromatic carbocycles. The minimum atomic E-state index is -5.10. The van der Waals surface area contributed by atoms with Gasteiger partial charge in [0.1, 0.15) is 0 Å². The van der Waals surface area contributed by atoms with Gasteiger partial charge in [-0.3, -0.25) is 4.79 Å². The number of fused-ring (bicyclic) bond motifs is 3. The van der Waals surface area contributed by atoms with E-state index < -0.39 is 47.2 Å². The number of alkyl halides is 5. The fourth-order valence-electron chi connectivity index (χ4n) is 7.04. The molecule has 1 saturated carbocycles. The average molecular weight is 567 g/mol. The van der Waals surface area contributed by atoms with Crippen molar-refractivity contribution in [2.75, 3.05) is 6.54 Å². The van der Waals surface area contributed by atoms with Crippen LogP contribution in [0.5, 0.6) is 0 Å². The molecule has 3 unspecified atom stereocenters. The van der Waals surface area contributed by atoms with E-state index in [0.717, 1.165) is 17.2 Å². The van der Waals surface area contributed by atoms with Crippen LogP contribution in [0, 0.1) is 12.8 Å². The number of carboxylic acid groups (broad SMARTS) is 1. The Morgan fingerprint density at radius 1 is 1.05 bits per heavy atom. The van der Waals surface area contributed by atoms with E-state index in [0.29, 0.717) is 44.7 Å². The number of benzene rings is 2. The largest absolute Gasteiger partial charge is 0.479 e. The monoisotopic (exact) mass is 566 g/mol. The van der Waals surface area contributed by atoms with E-state index >= 15 is 0 Å². The first-order chi connectivity index (χ1) is 19.9. The van der Waals surface area contributed by atoms with Gasteiger partial charge in [-0.05, 0) is 87.4 Å². The zero-order valence-electron chi connectivity index (χ0n) is 25.2. The summed E-state index contributed by atoms with van der Waals surface area (Å²) in [5.74, 6) is -2.26. The summed E-state index contributed by atoms with van der Waals surface area (Å²) >= 11 is 0. The first kappa shape index (κ1) is 24.8. The van der Waals surface area contributed by atoms with Gasteiger partial charge in [0, 0.05) is 28.0 Å². The SMILES string of the molecule is [2H]C([2H])([2H])c1ccc(CC23CCN(C(=O)[C@H]4CC[C@](F)(C(=O)O)CC4)C2CCc2cc(C(C)(F)C(F)(F)F)ccc23)cc1. The number of carbonyl (C=O) groups is 2. The van der Waals surface area contributed by atoms with Crippen molar-refractivity contribution in [2.45, 2.75) is 94.1 Å². The van der Waals surface area contributed by atoms with Gasteiger partial charge in [-0.15, -0.1) is 0 Å². The van der Waals surface area contributed by atoms with Gasteiger partial charge in [0.25, 0.3) is 0 Å². The molecule has 3 aliphatic rings. The second-order valence-corrected chi connectivity index (χ2v) is 11.8. The Hall–Kier alpha value is -2.97. The molecule has 0 radical (unpaired) electrons. The van der Waals surface area contributed by atoms with Crippen molar-refractivity contribution in [2.24, 2.45) is 5.92 Å². The molecular weight excluding hydrogens is 529 g/mol. The van der Waals surface area contributed by atoms with Crippen molar-refractivity contribution in [3.8, 4) is 0 Å². The number of nitrogens with zero attached hydrogens (tertiary/aromatic N) is 1. The molecule has 1 amide bonds. The van der Waals surface area contributed by atoms with E-state index in [2.05, 4.69) is 0 Å². The van der Waals surface area contributed by atoms with E-state index in [4.69, 9.17) is 4.11 Å². The zero-order chi connectivity index (χ0) is 31.6. The van der Waals surface area contributed by atoms with Gasteiger partial charge < -0.3 is 10.0 Å². The predicted octanol–water partition coefficient (Wildman–Crippen LogP) is 6.75. The van der Waals surface area contributed by atoms with Crippen molar-refractivity contribution in [3.05, 3.63) is 70.3 Å². The van der Waals surface area contributed by atoms with Crippen LogP contribution in [0.3, 0.4) is 0 Å². The van der Waals surface area contributed by atoms with Crippen molar-refractivity contribution in [3.63, 3.8) is 0 Å². The maximum absolute atomic E-state index is 14.9. The Labute approximate surface area is 234 Å². The van der Waals surface area contributed by atoms with Crippen molar-refractivity contribution >= 4 is 11.9 Å². The molecule has 1 saturated heterocycles. The van der Waals surface area contributed by atoms with Gasteiger partial charge >= 0.3 is 12.1 Å². The molecule has 0 spiro atoms. The van der Waals surface area contributed by atoms with Crippen LogP contribution in [0.2, 0.25) is 0 Å². The molecule has 9 heteroatoms. The molecule has 40 heavy (non-hydrogen) atoms. The summed E-state index contributed by atoms with van der Waals surface area (Å²) in [6, 6.07) is 10.1. The van der Waals surface area contributed by atoms with Gasteiger partial charge in [0.2, 0.25) is 17.2 Å². The van der Waals surface area contributed by atoms with Gasteiger partial charge in [0.05, 0.1) is 0 Å². The van der Waals surface area contributed by atoms with Gasteiger partial charge in [-0.25, -0.2) is 13.6 Å². The normalized spacial score (nSPS) is 31.2. The van der Waals surface area contributed by atoms with Crippen molar-refractivity contribution in [1.29, 1.82) is 0 Å². The lowest BCUT2D eigenvalue weighted by atomic mass is 9.63. The molecule has 0 aromatic heterocycles. The minimum Gasteiger partial charge on any atom is -0.479 e. The number of halogens is 5. The van der Waals surface area contributed by atoms with E-state index in [1.807, 2.05) is 0 Å². The van der Waals surface area contributed by atoms with Crippen LogP contribution in [0.4, 0.5) is 22.0 Å². The summed E-state index contributed by atoms with van der Waals surface area (Å²) in [6.45, 7) is -1.45. The lowest BCUT2D eigenvalue weighted by Crippen LogP contribution is -2.51. The molecule has 1 heterocycles. The number of hydrogen-bond donors (Lipinski definition) is 1. The second kappa shape index (κ2) is 9.84. The van der Waals surface area contributed by atoms with E-state index in [-0.39, 0.29) is 43.2 Å². The third-order valence-electron chi connectivity index (χ3n) is 9.48. The van der Waals surface area contributed by atoms with Crippen molar-refractivity contribution in [1.82, 2.24) is 4.90 Å². The molecule has 3 atom stereocenters. The van der Waals surface area contributed by atoms with Crippen LogP contribution in [0.15, 0.2) is 42.5 Å². The number of aliphatic carboxylic acids is 1. The Balaban J connectivity index is 1.50. The predicted molar refractivity (Wildman–Crippen MR) is 139 cm³/mol. The highest BCUT2D eigenvalue weighted by molar-refractivity contribution is 5.82. The van der Waals surface area contributed by atoms with Crippen LogP contribution >= 0.6 is 0 Å². The lowest BCUT2D eigenvalue weighted by molar-refractivity contribution is -0.228. The molecule has 2 aliphatic carbocycles. The average Bonchev–Trinajstić information content (AvgIpc) is 3.31. The van der Waals surface area contributed by atoms with Gasteiger partial charge in [0.15, 0.2) is 0 Å². The highest BCUT2D eigenvalue weighted by Gasteiger charge is 2.56. The summed E-state index contributed by atoms with van der Waals surface area (Å²) in [6.07, 6.45) is -3.84. The fourth-order valence-corrected chi connectivity index (χ4v) is 7.04. The zero-order valence-corrected chi connectivity index (χ0v) is 22.2. The number of rotatable bonds is 5. The summed E-state index contributed by atoms with van der Waals surface area (Å²) in [5, 5.41) is 9.24. The Bertz CT molecular complexity index is 1400. The van der Waals surface area contributed by atoms with Crippen LogP contribution < -0.4 is 0 Å². The Kier molecular flexibility index (Phi) is 6.10. The number of aryl methyl sites for hydroxylation is 2. The van der Waals surface area contributed by atoms with E-state index in [1.165, 1.54) is 24.3 Å². The lowest BCUT2D eigenvalue weighted by Gasteiger charge is -2.45. The molecule has 1 aliphatic heterocycles.